The van der Waals surface area contributed by atoms with E-state index < -0.39 is 56.5 Å². The molecule has 0 fully saturated rings. The van der Waals surface area contributed by atoms with Crippen LogP contribution in [0.25, 0.3) is 16.8 Å². The van der Waals surface area contributed by atoms with Gasteiger partial charge in [0.25, 0.3) is 30.4 Å². The van der Waals surface area contributed by atoms with Crippen molar-refractivity contribution in [1.29, 1.82) is 0 Å². The fourth-order valence-electron chi connectivity index (χ4n) is 5.94. The summed E-state index contributed by atoms with van der Waals surface area (Å²) in [7, 11) is -9.22. The molecule has 0 saturated carbocycles. The van der Waals surface area contributed by atoms with Crippen LogP contribution in [0.1, 0.15) is 11.1 Å². The third-order valence-electron chi connectivity index (χ3n) is 8.85. The van der Waals surface area contributed by atoms with Crippen molar-refractivity contribution in [2.45, 2.75) is 21.1 Å². The number of phenols is 1. The van der Waals surface area contributed by atoms with Crippen LogP contribution in [0.2, 0.25) is 0 Å². The van der Waals surface area contributed by atoms with Gasteiger partial charge in [0.2, 0.25) is 0 Å². The Morgan fingerprint density at radius 2 is 1.07 bits per heavy atom. The molecule has 0 radical (unpaired) electrons. The van der Waals surface area contributed by atoms with Crippen LogP contribution in [0, 0.1) is 0 Å². The lowest BCUT2D eigenvalue weighted by Crippen LogP contribution is -2.08. The van der Waals surface area contributed by atoms with Crippen molar-refractivity contribution in [2.24, 2.45) is 30.7 Å². The van der Waals surface area contributed by atoms with Crippen molar-refractivity contribution in [3.8, 4) is 28.7 Å². The van der Waals surface area contributed by atoms with Crippen molar-refractivity contribution < 1.29 is 63.0 Å². The number of benzene rings is 5. The molecule has 5 aromatic rings. The van der Waals surface area contributed by atoms with Crippen molar-refractivity contribution in [3.05, 3.63) is 89.6 Å². The summed E-state index contributed by atoms with van der Waals surface area (Å²) in [6, 6.07) is 12.8. The molecular weight excluding hydrogens is 863 g/mol. The van der Waals surface area contributed by atoms with Crippen LogP contribution in [0.5, 0.6) is 28.7 Å². The van der Waals surface area contributed by atoms with Crippen LogP contribution in [0.4, 0.5) is 34.1 Å². The van der Waals surface area contributed by atoms with Crippen molar-refractivity contribution in [3.63, 3.8) is 0 Å². The van der Waals surface area contributed by atoms with E-state index in [1.165, 1.54) is 89.1 Å². The molecule has 0 bridgehead atoms. The van der Waals surface area contributed by atoms with Crippen LogP contribution in [0.3, 0.4) is 0 Å². The van der Waals surface area contributed by atoms with E-state index >= 15 is 0 Å². The van der Waals surface area contributed by atoms with Gasteiger partial charge in [-0.2, -0.15) is 30.4 Å². The van der Waals surface area contributed by atoms with Crippen LogP contribution in [-0.2, 0) is 36.8 Å². The van der Waals surface area contributed by atoms with E-state index in [0.717, 1.165) is 12.1 Å². The molecule has 0 heterocycles. The summed E-state index contributed by atoms with van der Waals surface area (Å²) in [6.45, 7) is 0. The molecule has 21 nitrogen and oxygen atoms in total. The molecule has 24 heteroatoms. The summed E-state index contributed by atoms with van der Waals surface area (Å²) in [5, 5.41) is 36.5. The van der Waals surface area contributed by atoms with Gasteiger partial charge < -0.3 is 29.8 Å². The lowest BCUT2D eigenvalue weighted by Gasteiger charge is -2.11. The number of ether oxygens (including phenoxy) is 4. The van der Waals surface area contributed by atoms with Gasteiger partial charge in [-0.05, 0) is 65.4 Å². The Morgan fingerprint density at radius 1 is 0.574 bits per heavy atom. The Kier molecular flexibility index (Phi) is 12.2. The first kappa shape index (κ1) is 43.7. The maximum absolute atomic E-state index is 12.3. The molecule has 0 saturated heterocycles. The first-order valence-electron chi connectivity index (χ1n) is 17.1. The van der Waals surface area contributed by atoms with Crippen molar-refractivity contribution in [1.82, 2.24) is 0 Å². The molecule has 6 N–H and O–H groups in total. The predicted molar refractivity (Wildman–Crippen MR) is 219 cm³/mol. The molecular formula is C37H33N7O14S3. The molecule has 0 spiro atoms. The van der Waals surface area contributed by atoms with Gasteiger partial charge in [0.1, 0.15) is 56.3 Å². The first-order chi connectivity index (χ1) is 28.7. The van der Waals surface area contributed by atoms with E-state index in [1.54, 1.807) is 0 Å². The van der Waals surface area contributed by atoms with Gasteiger partial charge in [-0.3, -0.25) is 13.7 Å². The highest BCUT2D eigenvalue weighted by molar-refractivity contribution is 7.86. The van der Waals surface area contributed by atoms with E-state index in [9.17, 15) is 44.0 Å². The van der Waals surface area contributed by atoms with Gasteiger partial charge in [-0.15, -0.1) is 25.6 Å². The van der Waals surface area contributed by atoms with Crippen LogP contribution in [-0.4, -0.2) is 72.5 Å². The molecule has 0 aliphatic heterocycles. The number of fused-ring (bicyclic) bond motifs is 2. The van der Waals surface area contributed by atoms with Gasteiger partial charge in [-0.25, -0.2) is 0 Å². The third kappa shape index (κ3) is 9.48. The second-order valence-corrected chi connectivity index (χ2v) is 16.8. The lowest BCUT2D eigenvalue weighted by atomic mass is 10.1. The van der Waals surface area contributed by atoms with Gasteiger partial charge >= 0.3 is 0 Å². The molecule has 318 valence electrons. The number of methoxy groups -OCH3 is 4. The summed E-state index contributed by atoms with van der Waals surface area (Å²) in [4.78, 5) is -2.16. The zero-order chi connectivity index (χ0) is 44.4. The fraction of sp³-hybridized carbons (Fsp3) is 0.135. The zero-order valence-corrected chi connectivity index (χ0v) is 34.5. The monoisotopic (exact) mass is 895 g/mol. The Hall–Kier alpha value is -6.83. The number of rotatable bonds is 13. The summed E-state index contributed by atoms with van der Waals surface area (Å²) in [5.74, 6) is -0.0826. The Labute approximate surface area is 347 Å². The fourth-order valence-corrected chi connectivity index (χ4v) is 8.00. The zero-order valence-electron chi connectivity index (χ0n) is 32.1. The molecule has 61 heavy (non-hydrogen) atoms. The quantitative estimate of drug-likeness (QED) is 0.0425. The largest absolute Gasteiger partial charge is 0.505 e. The number of anilines is 1. The summed E-state index contributed by atoms with van der Waals surface area (Å²) in [6.07, 6.45) is 4.13. The lowest BCUT2D eigenvalue weighted by molar-refractivity contribution is 0.403. The Morgan fingerprint density at radius 3 is 1.54 bits per heavy atom. The molecule has 1 aliphatic rings. The van der Waals surface area contributed by atoms with Gasteiger partial charge in [0.05, 0.1) is 43.9 Å². The normalized spacial score (nSPS) is 13.5. The summed E-state index contributed by atoms with van der Waals surface area (Å²) >= 11 is 0. The summed E-state index contributed by atoms with van der Waals surface area (Å²) in [5.41, 5.74) is 6.36. The maximum atomic E-state index is 12.3. The first-order valence-corrected chi connectivity index (χ1v) is 21.4. The highest BCUT2D eigenvalue weighted by atomic mass is 32.2. The van der Waals surface area contributed by atoms with E-state index in [0.29, 0.717) is 6.07 Å². The Bertz CT molecular complexity index is 3110. The molecule has 5 aromatic carbocycles. The molecule has 1 aliphatic carbocycles. The minimum atomic E-state index is -4.90. The average Bonchev–Trinajstić information content (AvgIpc) is 3.42. The van der Waals surface area contributed by atoms with Gasteiger partial charge in [-0.1, -0.05) is 12.2 Å². The number of nitrogen functional groups attached to an aromatic ring is 1. The maximum Gasteiger partial charge on any atom is 0.296 e. The molecule has 0 atom stereocenters. The van der Waals surface area contributed by atoms with Gasteiger partial charge in [0, 0.05) is 35.3 Å². The van der Waals surface area contributed by atoms with E-state index in [1.807, 2.05) is 0 Å². The number of allylic oxidation sites excluding steroid dienone is 2. The molecule has 6 rings (SSSR count). The Balaban J connectivity index is 1.31. The van der Waals surface area contributed by atoms with Gasteiger partial charge in [0.15, 0.2) is 5.75 Å². The van der Waals surface area contributed by atoms with E-state index in [-0.39, 0.29) is 85.5 Å². The average molecular weight is 896 g/mol. The topological polar surface area (TPSA) is 320 Å². The standard InChI is InChI=1S/C37H33N7O14S3/c1-55-30-16-27(31(56-2)15-26(30)40-39-22-7-5-19-12-23(59(46,47)48)14-34(60(49,50)51)24(19)10-8-22)41-42-28-17-33(58-4)29(18-32(28)57-3)43-44-36-35(61(52,53)54)13-20-11-21(38)6-9-25(20)37(36)45/h5-9,11-18,45H,10,38H2,1-4H3,(H,46,47,48)(H,49,50,51)(H,52,53,54)/b40-39-,42-41?,44-43?. The number of aromatic hydroxyl groups is 1. The number of phenolic OH excluding ortho intramolecular Hbond substituents is 1. The molecule has 0 amide bonds. The number of hydrogen-bond acceptors (Lipinski definition) is 18. The minimum absolute atomic E-state index is 0.00888. The molecule has 0 aromatic heterocycles. The van der Waals surface area contributed by atoms with Crippen LogP contribution >= 0.6 is 0 Å². The number of nitrogens with two attached hydrogens (primary N) is 1. The number of hydrogen-bond donors (Lipinski definition) is 5. The molecule has 0 unspecified atom stereocenters. The van der Waals surface area contributed by atoms with E-state index in [4.69, 9.17) is 24.7 Å². The van der Waals surface area contributed by atoms with Crippen LogP contribution < -0.4 is 24.7 Å². The summed E-state index contributed by atoms with van der Waals surface area (Å²) < 4.78 is 124. The van der Waals surface area contributed by atoms with Crippen molar-refractivity contribution >= 4 is 81.3 Å². The van der Waals surface area contributed by atoms with Crippen LogP contribution in [0.15, 0.2) is 124 Å². The highest BCUT2D eigenvalue weighted by Crippen LogP contribution is 2.46. The minimum Gasteiger partial charge on any atom is -0.505 e. The second-order valence-electron chi connectivity index (χ2n) is 12.6. The number of azo groups is 3. The SMILES string of the molecule is COc1cc(N=Nc2c(S(=O)(=O)O)cc3cc(N)ccc3c2O)c(OC)cc1N=Nc1cc(OC)c(/N=N\C2=CCc3c(cc(S(=O)(=O)O)cc3S(=O)(=O)O)C=C2)cc1OC. The predicted octanol–water partition coefficient (Wildman–Crippen LogP) is 7.97. The van der Waals surface area contributed by atoms with Crippen molar-refractivity contribution in [2.75, 3.05) is 34.2 Å². The highest BCUT2D eigenvalue weighted by Gasteiger charge is 2.25. The second kappa shape index (κ2) is 17.0. The number of nitrogens with zero attached hydrogens (tertiary/aromatic N) is 6. The smallest absolute Gasteiger partial charge is 0.296 e. The van der Waals surface area contributed by atoms with E-state index in [2.05, 4.69) is 30.7 Å². The third-order valence-corrected chi connectivity index (χ3v) is 11.5.